The largest absolute Gasteiger partial charge is 0.482 e. The average Bonchev–Trinajstić information content (AvgIpc) is 2.74. The zero-order chi connectivity index (χ0) is 21.0. The van der Waals surface area contributed by atoms with E-state index in [1.165, 1.54) is 17.0 Å². The van der Waals surface area contributed by atoms with Gasteiger partial charge in [0.25, 0.3) is 21.8 Å². The molecule has 2 aromatic rings. The lowest BCUT2D eigenvalue weighted by atomic mass is 9.99. The van der Waals surface area contributed by atoms with E-state index in [0.717, 1.165) is 12.0 Å². The van der Waals surface area contributed by atoms with Crippen molar-refractivity contribution in [2.24, 2.45) is 0 Å². The maximum atomic E-state index is 12.4. The monoisotopic (exact) mass is 417 g/mol. The van der Waals surface area contributed by atoms with Crippen LogP contribution in [0.15, 0.2) is 53.4 Å². The Morgan fingerprint density at radius 3 is 2.55 bits per heavy atom. The number of para-hydroxylation sites is 2. The van der Waals surface area contributed by atoms with Crippen LogP contribution in [0.25, 0.3) is 0 Å². The molecule has 8 nitrogen and oxygen atoms in total. The van der Waals surface area contributed by atoms with Crippen LogP contribution < -0.4 is 19.9 Å². The highest BCUT2D eigenvalue weighted by molar-refractivity contribution is 7.89. The number of ether oxygens (including phenoxy) is 1. The summed E-state index contributed by atoms with van der Waals surface area (Å²) in [5, 5.41) is 0. The van der Waals surface area contributed by atoms with Crippen molar-refractivity contribution in [2.45, 2.75) is 31.1 Å². The van der Waals surface area contributed by atoms with Gasteiger partial charge >= 0.3 is 0 Å². The molecule has 0 saturated carbocycles. The minimum Gasteiger partial charge on any atom is -0.482 e. The van der Waals surface area contributed by atoms with Crippen molar-refractivity contribution in [3.63, 3.8) is 0 Å². The first kappa shape index (κ1) is 20.8. The van der Waals surface area contributed by atoms with Crippen LogP contribution in [0.5, 0.6) is 5.75 Å². The van der Waals surface area contributed by atoms with Crippen molar-refractivity contribution in [3.8, 4) is 5.75 Å². The van der Waals surface area contributed by atoms with Crippen LogP contribution >= 0.6 is 0 Å². The summed E-state index contributed by atoms with van der Waals surface area (Å²) in [5.74, 6) is -0.243. The number of nitrogens with one attached hydrogen (secondary N) is 2. The maximum Gasteiger partial charge on any atom is 0.265 e. The molecule has 1 aliphatic heterocycles. The van der Waals surface area contributed by atoms with E-state index in [1.807, 2.05) is 0 Å². The van der Waals surface area contributed by atoms with E-state index in [2.05, 4.69) is 24.1 Å². The number of hydrogen-bond acceptors (Lipinski definition) is 5. The Labute approximate surface area is 169 Å². The van der Waals surface area contributed by atoms with Crippen LogP contribution in [0.3, 0.4) is 0 Å². The van der Waals surface area contributed by atoms with Crippen molar-refractivity contribution in [2.75, 3.05) is 18.1 Å². The standard InChI is InChI=1S/C20H23N3O5S/c1-3-14(2)15-8-10-16(11-9-15)29(26,27)22-21-19(24)12-23-17-6-4-5-7-18(17)28-13-20(23)25/h4-11,14,22H,3,12-13H2,1-2H3,(H,21,24)/t14-/m1/s1. The van der Waals surface area contributed by atoms with E-state index in [9.17, 15) is 18.0 Å². The quantitative estimate of drug-likeness (QED) is 0.670. The fourth-order valence-electron chi connectivity index (χ4n) is 2.90. The minimum absolute atomic E-state index is 0.0395. The zero-order valence-electron chi connectivity index (χ0n) is 16.2. The molecule has 1 atom stereocenters. The molecule has 2 aromatic carbocycles. The topological polar surface area (TPSA) is 105 Å². The Morgan fingerprint density at radius 2 is 1.86 bits per heavy atom. The fraction of sp³-hybridized carbons (Fsp3) is 0.300. The Bertz CT molecular complexity index is 1010. The van der Waals surface area contributed by atoms with E-state index in [1.54, 1.807) is 36.4 Å². The van der Waals surface area contributed by atoms with E-state index < -0.39 is 15.9 Å². The minimum atomic E-state index is -3.93. The van der Waals surface area contributed by atoms with Crippen LogP contribution in [0.1, 0.15) is 31.7 Å². The average molecular weight is 417 g/mol. The summed E-state index contributed by atoms with van der Waals surface area (Å²) in [5.41, 5.74) is 3.66. The van der Waals surface area contributed by atoms with Crippen molar-refractivity contribution in [1.29, 1.82) is 0 Å². The number of rotatable bonds is 7. The normalized spacial score (nSPS) is 14.7. The first-order valence-electron chi connectivity index (χ1n) is 9.24. The molecule has 154 valence electrons. The Morgan fingerprint density at radius 1 is 1.17 bits per heavy atom. The molecule has 0 bridgehead atoms. The molecule has 1 aliphatic rings. The molecule has 1 heterocycles. The number of carbonyl (C=O) groups excluding carboxylic acids is 2. The summed E-state index contributed by atoms with van der Waals surface area (Å²) in [6.45, 7) is 3.60. The van der Waals surface area contributed by atoms with E-state index in [4.69, 9.17) is 4.74 Å². The Balaban J connectivity index is 1.64. The molecule has 0 radical (unpaired) electrons. The third-order valence-electron chi connectivity index (χ3n) is 4.81. The van der Waals surface area contributed by atoms with Crippen molar-refractivity contribution >= 4 is 27.5 Å². The predicted molar refractivity (Wildman–Crippen MR) is 108 cm³/mol. The molecule has 2 N–H and O–H groups in total. The van der Waals surface area contributed by atoms with E-state index >= 15 is 0 Å². The highest BCUT2D eigenvalue weighted by atomic mass is 32.2. The number of sulfonamides is 1. The number of anilines is 1. The van der Waals surface area contributed by atoms with Gasteiger partial charge in [-0.3, -0.25) is 19.9 Å². The van der Waals surface area contributed by atoms with Crippen LogP contribution in [-0.2, 0) is 19.6 Å². The number of carbonyl (C=O) groups is 2. The number of hydrazine groups is 1. The number of benzene rings is 2. The number of amides is 2. The second-order valence-electron chi connectivity index (χ2n) is 6.77. The van der Waals surface area contributed by atoms with E-state index in [0.29, 0.717) is 17.4 Å². The van der Waals surface area contributed by atoms with Gasteiger partial charge in [-0.25, -0.2) is 8.42 Å². The molecule has 3 rings (SSSR count). The fourth-order valence-corrected chi connectivity index (χ4v) is 3.77. The van der Waals surface area contributed by atoms with Crippen molar-refractivity contribution < 1.29 is 22.7 Å². The summed E-state index contributed by atoms with van der Waals surface area (Å²) in [7, 11) is -3.93. The highest BCUT2D eigenvalue weighted by Gasteiger charge is 2.27. The molecule has 0 aromatic heterocycles. The molecule has 0 spiro atoms. The summed E-state index contributed by atoms with van der Waals surface area (Å²) in [6.07, 6.45) is 0.948. The van der Waals surface area contributed by atoms with Crippen LogP contribution in [-0.4, -0.2) is 33.4 Å². The van der Waals surface area contributed by atoms with Gasteiger partial charge in [0, 0.05) is 0 Å². The van der Waals surface area contributed by atoms with Gasteiger partial charge in [-0.2, -0.15) is 0 Å². The molecule has 0 aliphatic carbocycles. The van der Waals surface area contributed by atoms with Gasteiger partial charge in [0.15, 0.2) is 6.61 Å². The zero-order valence-corrected chi connectivity index (χ0v) is 17.0. The lowest BCUT2D eigenvalue weighted by Crippen LogP contribution is -2.49. The third-order valence-corrected chi connectivity index (χ3v) is 6.07. The molecule has 29 heavy (non-hydrogen) atoms. The maximum absolute atomic E-state index is 12.4. The van der Waals surface area contributed by atoms with Gasteiger partial charge in [-0.15, -0.1) is 4.83 Å². The summed E-state index contributed by atoms with van der Waals surface area (Å²) >= 11 is 0. The first-order chi connectivity index (χ1) is 13.8. The van der Waals surface area contributed by atoms with Gasteiger partial charge in [0.2, 0.25) is 0 Å². The van der Waals surface area contributed by atoms with Gasteiger partial charge in [0.05, 0.1) is 10.6 Å². The molecule has 9 heteroatoms. The Kier molecular flexibility index (Phi) is 6.19. The van der Waals surface area contributed by atoms with Gasteiger partial charge < -0.3 is 4.74 Å². The summed E-state index contributed by atoms with van der Waals surface area (Å²) in [6, 6.07) is 13.3. The second kappa shape index (κ2) is 8.62. The van der Waals surface area contributed by atoms with Crippen LogP contribution in [0.2, 0.25) is 0 Å². The highest BCUT2D eigenvalue weighted by Crippen LogP contribution is 2.31. The van der Waals surface area contributed by atoms with Crippen LogP contribution in [0.4, 0.5) is 5.69 Å². The summed E-state index contributed by atoms with van der Waals surface area (Å²) < 4.78 is 30.2. The lowest BCUT2D eigenvalue weighted by Gasteiger charge is -2.28. The smallest absolute Gasteiger partial charge is 0.265 e. The van der Waals surface area contributed by atoms with Crippen molar-refractivity contribution in [3.05, 3.63) is 54.1 Å². The lowest BCUT2D eigenvalue weighted by molar-refractivity contribution is -0.125. The molecular formula is C20H23N3O5S. The van der Waals surface area contributed by atoms with Gasteiger partial charge in [-0.1, -0.05) is 38.1 Å². The molecule has 0 unspecified atom stereocenters. The van der Waals surface area contributed by atoms with Crippen molar-refractivity contribution in [1.82, 2.24) is 10.3 Å². The molecule has 0 saturated heterocycles. The number of hydrogen-bond donors (Lipinski definition) is 2. The predicted octanol–water partition coefficient (Wildman–Crippen LogP) is 1.94. The molecular weight excluding hydrogens is 394 g/mol. The van der Waals surface area contributed by atoms with Gasteiger partial charge in [0.1, 0.15) is 12.3 Å². The van der Waals surface area contributed by atoms with Crippen LogP contribution in [0, 0.1) is 0 Å². The molecule has 0 fully saturated rings. The number of nitrogens with zero attached hydrogens (tertiary/aromatic N) is 1. The van der Waals surface area contributed by atoms with E-state index in [-0.39, 0.29) is 24.0 Å². The SMILES string of the molecule is CC[C@@H](C)c1ccc(S(=O)(=O)NNC(=O)CN2C(=O)COc3ccccc32)cc1. The van der Waals surface area contributed by atoms with Gasteiger partial charge in [-0.05, 0) is 42.2 Å². The molecule has 2 amide bonds. The summed E-state index contributed by atoms with van der Waals surface area (Å²) in [4.78, 5) is 27.7. The number of fused-ring (bicyclic) bond motifs is 1. The first-order valence-corrected chi connectivity index (χ1v) is 10.7. The second-order valence-corrected chi connectivity index (χ2v) is 8.45. The third kappa shape index (κ3) is 4.75. The Hall–Kier alpha value is -2.91.